The Bertz CT molecular complexity index is 539. The maximum atomic E-state index is 12.8. The molecule has 0 spiro atoms. The lowest BCUT2D eigenvalue weighted by molar-refractivity contribution is -0.141. The van der Waals surface area contributed by atoms with Gasteiger partial charge in [0.1, 0.15) is 17.6 Å². The molecule has 2 heterocycles. The predicted octanol–water partition coefficient (Wildman–Crippen LogP) is 3.30. The second-order valence-corrected chi connectivity index (χ2v) is 6.17. The van der Waals surface area contributed by atoms with Gasteiger partial charge in [0.05, 0.1) is 5.56 Å². The Balaban J connectivity index is 2.46. The molecule has 3 nitrogen and oxygen atoms in total. The molecule has 7 heteroatoms. The molecule has 2 unspecified atom stereocenters. The minimum absolute atomic E-state index is 0.0387. The van der Waals surface area contributed by atoms with Crippen LogP contribution < -0.4 is 4.90 Å². The number of hydrogen-bond acceptors (Lipinski definition) is 4. The summed E-state index contributed by atoms with van der Waals surface area (Å²) in [5.74, 6) is 0.955. The summed E-state index contributed by atoms with van der Waals surface area (Å²) in [6.45, 7) is 4.57. The smallest absolute Gasteiger partial charge is 0.351 e. The molecule has 0 saturated carbocycles. The fourth-order valence-corrected chi connectivity index (χ4v) is 3.24. The number of halogens is 3. The van der Waals surface area contributed by atoms with Crippen molar-refractivity contribution in [1.29, 1.82) is 5.26 Å². The number of nitriles is 1. The van der Waals surface area contributed by atoms with Gasteiger partial charge in [0.15, 0.2) is 0 Å². The number of pyridine rings is 1. The molecular formula is C13H14F3N3S. The van der Waals surface area contributed by atoms with Gasteiger partial charge in [0.2, 0.25) is 0 Å². The van der Waals surface area contributed by atoms with E-state index in [2.05, 4.69) is 4.98 Å². The molecule has 1 aliphatic rings. The molecule has 2 atom stereocenters. The molecule has 1 aromatic rings. The second-order valence-electron chi connectivity index (χ2n) is 4.69. The van der Waals surface area contributed by atoms with Gasteiger partial charge in [-0.1, -0.05) is 6.92 Å². The Morgan fingerprint density at radius 1 is 1.40 bits per heavy atom. The summed E-state index contributed by atoms with van der Waals surface area (Å²) in [5.41, 5.74) is -0.770. The van der Waals surface area contributed by atoms with Crippen LogP contribution in [-0.4, -0.2) is 28.6 Å². The van der Waals surface area contributed by atoms with Gasteiger partial charge in [-0.3, -0.25) is 0 Å². The average molecular weight is 301 g/mol. The number of thioether (sulfide) groups is 1. The SMILES string of the molecule is CC1SCCN(c2nc(C(F)(F)F)ccc2C#N)C1C. The highest BCUT2D eigenvalue weighted by Gasteiger charge is 2.35. The molecule has 0 aromatic carbocycles. The van der Waals surface area contributed by atoms with Crippen LogP contribution in [0.1, 0.15) is 25.1 Å². The van der Waals surface area contributed by atoms with Crippen LogP contribution in [0.4, 0.5) is 19.0 Å². The van der Waals surface area contributed by atoms with Gasteiger partial charge >= 0.3 is 6.18 Å². The molecule has 0 amide bonds. The molecule has 108 valence electrons. The van der Waals surface area contributed by atoms with E-state index in [1.54, 1.807) is 16.7 Å². The van der Waals surface area contributed by atoms with Crippen LogP contribution in [0, 0.1) is 11.3 Å². The number of aromatic nitrogens is 1. The van der Waals surface area contributed by atoms with Crippen molar-refractivity contribution < 1.29 is 13.2 Å². The average Bonchev–Trinajstić information content (AvgIpc) is 2.40. The van der Waals surface area contributed by atoms with Crippen molar-refractivity contribution in [3.63, 3.8) is 0 Å². The summed E-state index contributed by atoms with van der Waals surface area (Å²) in [4.78, 5) is 5.49. The van der Waals surface area contributed by atoms with Crippen LogP contribution in [0.3, 0.4) is 0 Å². The van der Waals surface area contributed by atoms with E-state index in [9.17, 15) is 13.2 Å². The number of nitrogens with zero attached hydrogens (tertiary/aromatic N) is 3. The van der Waals surface area contributed by atoms with E-state index in [-0.39, 0.29) is 22.7 Å². The van der Waals surface area contributed by atoms with Gasteiger partial charge in [0, 0.05) is 23.6 Å². The van der Waals surface area contributed by atoms with Crippen LogP contribution in [0.25, 0.3) is 0 Å². The summed E-state index contributed by atoms with van der Waals surface area (Å²) in [7, 11) is 0. The Hall–Kier alpha value is -1.42. The monoisotopic (exact) mass is 301 g/mol. The lowest BCUT2D eigenvalue weighted by Crippen LogP contribution is -2.45. The van der Waals surface area contributed by atoms with E-state index in [1.807, 2.05) is 19.9 Å². The Morgan fingerprint density at radius 2 is 2.10 bits per heavy atom. The zero-order valence-electron chi connectivity index (χ0n) is 11.1. The van der Waals surface area contributed by atoms with Crippen LogP contribution in [0.2, 0.25) is 0 Å². The van der Waals surface area contributed by atoms with E-state index in [1.165, 1.54) is 6.07 Å². The quantitative estimate of drug-likeness (QED) is 0.798. The van der Waals surface area contributed by atoms with Crippen molar-refractivity contribution in [2.45, 2.75) is 31.3 Å². The van der Waals surface area contributed by atoms with Crippen molar-refractivity contribution in [2.24, 2.45) is 0 Å². The molecule has 0 aliphatic carbocycles. The van der Waals surface area contributed by atoms with Crippen molar-refractivity contribution in [1.82, 2.24) is 4.98 Å². The topological polar surface area (TPSA) is 39.9 Å². The van der Waals surface area contributed by atoms with E-state index in [0.29, 0.717) is 6.54 Å². The first-order valence-electron chi connectivity index (χ1n) is 6.21. The standard InChI is InChI=1S/C13H14F3N3S/c1-8-9(2)20-6-5-19(8)12-10(7-17)3-4-11(18-12)13(14,15)16/h3-4,8-9H,5-6H2,1-2H3. The number of anilines is 1. The lowest BCUT2D eigenvalue weighted by atomic mass is 10.1. The minimum Gasteiger partial charge on any atom is -0.351 e. The molecule has 1 saturated heterocycles. The molecule has 0 radical (unpaired) electrons. The largest absolute Gasteiger partial charge is 0.433 e. The first-order valence-corrected chi connectivity index (χ1v) is 7.26. The molecule has 2 rings (SSSR count). The first kappa shape index (κ1) is 15.0. The van der Waals surface area contributed by atoms with Crippen molar-refractivity contribution in [3.8, 4) is 6.07 Å². The molecule has 1 aromatic heterocycles. The van der Waals surface area contributed by atoms with Crippen LogP contribution >= 0.6 is 11.8 Å². The highest BCUT2D eigenvalue weighted by Crippen LogP contribution is 2.33. The van der Waals surface area contributed by atoms with E-state index >= 15 is 0 Å². The molecule has 0 N–H and O–H groups in total. The third-order valence-corrected chi connectivity index (χ3v) is 4.78. The molecular weight excluding hydrogens is 287 g/mol. The fraction of sp³-hybridized carbons (Fsp3) is 0.538. The summed E-state index contributed by atoms with van der Waals surface area (Å²) in [6, 6.07) is 4.02. The van der Waals surface area contributed by atoms with Gasteiger partial charge in [0.25, 0.3) is 0 Å². The Kier molecular flexibility index (Phi) is 4.14. The number of alkyl halides is 3. The van der Waals surface area contributed by atoms with Gasteiger partial charge in [-0.2, -0.15) is 30.2 Å². The summed E-state index contributed by atoms with van der Waals surface area (Å²) in [5, 5.41) is 9.38. The molecule has 0 bridgehead atoms. The normalized spacial score (nSPS) is 23.5. The summed E-state index contributed by atoms with van der Waals surface area (Å²) < 4.78 is 38.3. The fourth-order valence-electron chi connectivity index (χ4n) is 2.14. The zero-order chi connectivity index (χ0) is 14.9. The molecule has 1 aliphatic heterocycles. The maximum Gasteiger partial charge on any atom is 0.433 e. The first-order chi connectivity index (χ1) is 9.34. The highest BCUT2D eigenvalue weighted by atomic mass is 32.2. The van der Waals surface area contributed by atoms with E-state index in [4.69, 9.17) is 5.26 Å². The Morgan fingerprint density at radius 3 is 2.70 bits per heavy atom. The summed E-state index contributed by atoms with van der Waals surface area (Å²) >= 11 is 1.77. The third-order valence-electron chi connectivity index (χ3n) is 3.44. The minimum atomic E-state index is -4.50. The molecule has 20 heavy (non-hydrogen) atoms. The van der Waals surface area contributed by atoms with Gasteiger partial charge in [-0.25, -0.2) is 4.98 Å². The van der Waals surface area contributed by atoms with E-state index < -0.39 is 11.9 Å². The Labute approximate surface area is 119 Å². The van der Waals surface area contributed by atoms with Gasteiger partial charge < -0.3 is 4.90 Å². The van der Waals surface area contributed by atoms with Crippen molar-refractivity contribution in [3.05, 3.63) is 23.4 Å². The summed E-state index contributed by atoms with van der Waals surface area (Å²) in [6.07, 6.45) is -4.50. The second kappa shape index (κ2) is 5.52. The van der Waals surface area contributed by atoms with Crippen LogP contribution in [0.15, 0.2) is 12.1 Å². The number of rotatable bonds is 1. The van der Waals surface area contributed by atoms with E-state index in [0.717, 1.165) is 11.8 Å². The van der Waals surface area contributed by atoms with Crippen LogP contribution in [0.5, 0.6) is 0 Å². The lowest BCUT2D eigenvalue weighted by Gasteiger charge is -2.38. The highest BCUT2D eigenvalue weighted by molar-refractivity contribution is 8.00. The third kappa shape index (κ3) is 2.85. The van der Waals surface area contributed by atoms with Gasteiger partial charge in [-0.05, 0) is 19.1 Å². The predicted molar refractivity (Wildman–Crippen MR) is 72.7 cm³/mol. The zero-order valence-corrected chi connectivity index (χ0v) is 11.9. The molecule has 1 fully saturated rings. The van der Waals surface area contributed by atoms with Crippen LogP contribution in [-0.2, 0) is 6.18 Å². The van der Waals surface area contributed by atoms with Crippen molar-refractivity contribution in [2.75, 3.05) is 17.2 Å². The van der Waals surface area contributed by atoms with Crippen molar-refractivity contribution >= 4 is 17.6 Å². The number of hydrogen-bond donors (Lipinski definition) is 0. The maximum absolute atomic E-state index is 12.8. The van der Waals surface area contributed by atoms with Gasteiger partial charge in [-0.15, -0.1) is 0 Å².